The van der Waals surface area contributed by atoms with Gasteiger partial charge in [0.1, 0.15) is 0 Å². The summed E-state index contributed by atoms with van der Waals surface area (Å²) >= 11 is 0. The third kappa shape index (κ3) is 1.88. The fourth-order valence-electron chi connectivity index (χ4n) is 2.41. The Kier molecular flexibility index (Phi) is 2.73. The summed E-state index contributed by atoms with van der Waals surface area (Å²) in [6.07, 6.45) is 1.01. The predicted octanol–water partition coefficient (Wildman–Crippen LogP) is 0.960. The van der Waals surface area contributed by atoms with E-state index >= 15 is 0 Å². The monoisotopic (exact) mass is 204 g/mol. The molecule has 1 saturated heterocycles. The average molecular weight is 204 g/mol. The van der Waals surface area contributed by atoms with Crippen LogP contribution in [0.4, 0.5) is 0 Å². The van der Waals surface area contributed by atoms with Gasteiger partial charge < -0.3 is 5.73 Å². The first-order valence-electron chi connectivity index (χ1n) is 5.24. The summed E-state index contributed by atoms with van der Waals surface area (Å²) in [7, 11) is 1.96. The van der Waals surface area contributed by atoms with Crippen molar-refractivity contribution in [1.82, 2.24) is 4.90 Å². The molecule has 2 atom stereocenters. The van der Waals surface area contributed by atoms with E-state index in [9.17, 15) is 4.79 Å². The molecule has 1 aromatic carbocycles. The van der Waals surface area contributed by atoms with Crippen molar-refractivity contribution in [3.05, 3.63) is 35.9 Å². The van der Waals surface area contributed by atoms with E-state index in [0.29, 0.717) is 0 Å². The lowest BCUT2D eigenvalue weighted by Crippen LogP contribution is -2.40. The molecule has 0 saturated carbocycles. The van der Waals surface area contributed by atoms with E-state index in [-0.39, 0.29) is 17.9 Å². The SMILES string of the molecule is CN1CCC(c2ccccc2)C1C(N)=O. The van der Waals surface area contributed by atoms with Crippen LogP contribution in [0.25, 0.3) is 0 Å². The van der Waals surface area contributed by atoms with Gasteiger partial charge in [0.2, 0.25) is 5.91 Å². The standard InChI is InChI=1S/C12H16N2O/c1-14-8-7-10(11(14)12(13)15)9-5-3-2-4-6-9/h2-6,10-11H,7-8H2,1H3,(H2,13,15). The van der Waals surface area contributed by atoms with Crippen molar-refractivity contribution in [2.24, 2.45) is 5.73 Å². The molecule has 15 heavy (non-hydrogen) atoms. The van der Waals surface area contributed by atoms with Crippen LogP contribution in [0.5, 0.6) is 0 Å². The second kappa shape index (κ2) is 4.03. The summed E-state index contributed by atoms with van der Waals surface area (Å²) in [6.45, 7) is 0.938. The highest BCUT2D eigenvalue weighted by Gasteiger charge is 2.36. The van der Waals surface area contributed by atoms with Crippen LogP contribution in [-0.2, 0) is 4.79 Å². The van der Waals surface area contributed by atoms with Crippen LogP contribution in [-0.4, -0.2) is 30.4 Å². The van der Waals surface area contributed by atoms with Crippen molar-refractivity contribution in [3.63, 3.8) is 0 Å². The second-order valence-electron chi connectivity index (χ2n) is 4.13. The topological polar surface area (TPSA) is 46.3 Å². The Bertz CT molecular complexity index is 350. The maximum atomic E-state index is 11.4. The fourth-order valence-corrected chi connectivity index (χ4v) is 2.41. The minimum Gasteiger partial charge on any atom is -0.368 e. The number of carbonyl (C=O) groups is 1. The maximum Gasteiger partial charge on any atom is 0.235 e. The van der Waals surface area contributed by atoms with Gasteiger partial charge >= 0.3 is 0 Å². The molecular weight excluding hydrogens is 188 g/mol. The Morgan fingerprint density at radius 2 is 2.07 bits per heavy atom. The van der Waals surface area contributed by atoms with E-state index < -0.39 is 0 Å². The zero-order valence-corrected chi connectivity index (χ0v) is 8.89. The molecule has 2 N–H and O–H groups in total. The third-order valence-electron chi connectivity index (χ3n) is 3.17. The normalized spacial score (nSPS) is 26.7. The first-order valence-corrected chi connectivity index (χ1v) is 5.24. The first-order chi connectivity index (χ1) is 7.20. The Hall–Kier alpha value is -1.35. The van der Waals surface area contributed by atoms with Crippen molar-refractivity contribution in [2.45, 2.75) is 18.4 Å². The number of likely N-dealkylation sites (N-methyl/N-ethyl adjacent to an activating group) is 1. The zero-order valence-electron chi connectivity index (χ0n) is 8.89. The number of carbonyl (C=O) groups excluding carboxylic acids is 1. The van der Waals surface area contributed by atoms with Crippen molar-refractivity contribution in [1.29, 1.82) is 0 Å². The van der Waals surface area contributed by atoms with Gasteiger partial charge in [0.15, 0.2) is 0 Å². The van der Waals surface area contributed by atoms with E-state index in [0.717, 1.165) is 13.0 Å². The van der Waals surface area contributed by atoms with Crippen molar-refractivity contribution in [3.8, 4) is 0 Å². The number of hydrogen-bond donors (Lipinski definition) is 1. The number of nitrogens with zero attached hydrogens (tertiary/aromatic N) is 1. The number of primary amides is 1. The number of hydrogen-bond acceptors (Lipinski definition) is 2. The molecule has 2 rings (SSSR count). The van der Waals surface area contributed by atoms with Gasteiger partial charge in [0, 0.05) is 5.92 Å². The van der Waals surface area contributed by atoms with Gasteiger partial charge in [-0.2, -0.15) is 0 Å². The molecule has 1 heterocycles. The number of benzene rings is 1. The first kappa shape index (κ1) is 10.2. The minimum atomic E-state index is -0.219. The molecular formula is C12H16N2O. The average Bonchev–Trinajstić information content (AvgIpc) is 2.61. The Morgan fingerprint density at radius 3 is 2.67 bits per heavy atom. The highest BCUT2D eigenvalue weighted by atomic mass is 16.1. The molecule has 0 aromatic heterocycles. The molecule has 0 aliphatic carbocycles. The van der Waals surface area contributed by atoms with Gasteiger partial charge in [-0.25, -0.2) is 0 Å². The third-order valence-corrected chi connectivity index (χ3v) is 3.17. The molecule has 0 spiro atoms. The quantitative estimate of drug-likeness (QED) is 0.780. The van der Waals surface area contributed by atoms with E-state index in [2.05, 4.69) is 12.1 Å². The lowest BCUT2D eigenvalue weighted by Gasteiger charge is -2.21. The summed E-state index contributed by atoms with van der Waals surface area (Å²) < 4.78 is 0. The Labute approximate surface area is 89.9 Å². The highest BCUT2D eigenvalue weighted by Crippen LogP contribution is 2.31. The van der Waals surface area contributed by atoms with Crippen LogP contribution in [0.1, 0.15) is 17.9 Å². The summed E-state index contributed by atoms with van der Waals surface area (Å²) in [6, 6.07) is 9.99. The van der Waals surface area contributed by atoms with Crippen molar-refractivity contribution >= 4 is 5.91 Å². The van der Waals surface area contributed by atoms with Crippen LogP contribution < -0.4 is 5.73 Å². The number of likely N-dealkylation sites (tertiary alicyclic amines) is 1. The lowest BCUT2D eigenvalue weighted by atomic mass is 9.91. The highest BCUT2D eigenvalue weighted by molar-refractivity contribution is 5.81. The van der Waals surface area contributed by atoms with Crippen LogP contribution in [0.15, 0.2) is 30.3 Å². The second-order valence-corrected chi connectivity index (χ2v) is 4.13. The predicted molar refractivity (Wildman–Crippen MR) is 59.4 cm³/mol. The van der Waals surface area contributed by atoms with E-state index in [1.807, 2.05) is 30.1 Å². The Morgan fingerprint density at radius 1 is 1.40 bits per heavy atom. The molecule has 1 amide bonds. The zero-order chi connectivity index (χ0) is 10.8. The van der Waals surface area contributed by atoms with Gasteiger partial charge in [-0.1, -0.05) is 30.3 Å². The fraction of sp³-hybridized carbons (Fsp3) is 0.417. The van der Waals surface area contributed by atoms with Gasteiger partial charge in [-0.05, 0) is 25.6 Å². The molecule has 80 valence electrons. The number of rotatable bonds is 2. The van der Waals surface area contributed by atoms with Crippen LogP contribution in [0.2, 0.25) is 0 Å². The molecule has 0 radical (unpaired) electrons. The molecule has 2 unspecified atom stereocenters. The van der Waals surface area contributed by atoms with Crippen molar-refractivity contribution < 1.29 is 4.79 Å². The van der Waals surface area contributed by atoms with Gasteiger partial charge in [-0.3, -0.25) is 9.69 Å². The molecule has 1 aliphatic rings. The van der Waals surface area contributed by atoms with E-state index in [4.69, 9.17) is 5.73 Å². The van der Waals surface area contributed by atoms with E-state index in [1.54, 1.807) is 0 Å². The maximum absolute atomic E-state index is 11.4. The molecule has 0 bridgehead atoms. The molecule has 1 fully saturated rings. The van der Waals surface area contributed by atoms with E-state index in [1.165, 1.54) is 5.56 Å². The summed E-state index contributed by atoms with van der Waals surface area (Å²) in [5.41, 5.74) is 6.65. The minimum absolute atomic E-state index is 0.146. The smallest absolute Gasteiger partial charge is 0.235 e. The lowest BCUT2D eigenvalue weighted by molar-refractivity contribution is -0.122. The van der Waals surface area contributed by atoms with Gasteiger partial charge in [0.05, 0.1) is 6.04 Å². The number of amides is 1. The Balaban J connectivity index is 2.26. The van der Waals surface area contributed by atoms with Gasteiger partial charge in [-0.15, -0.1) is 0 Å². The van der Waals surface area contributed by atoms with Crippen LogP contribution in [0, 0.1) is 0 Å². The molecule has 1 aromatic rings. The van der Waals surface area contributed by atoms with Gasteiger partial charge in [0.25, 0.3) is 0 Å². The summed E-state index contributed by atoms with van der Waals surface area (Å²) in [4.78, 5) is 13.4. The largest absolute Gasteiger partial charge is 0.368 e. The molecule has 3 nitrogen and oxygen atoms in total. The van der Waals surface area contributed by atoms with Crippen LogP contribution >= 0.6 is 0 Å². The van der Waals surface area contributed by atoms with Crippen molar-refractivity contribution in [2.75, 3.05) is 13.6 Å². The van der Waals surface area contributed by atoms with Crippen LogP contribution in [0.3, 0.4) is 0 Å². The molecule has 3 heteroatoms. The molecule has 1 aliphatic heterocycles. The summed E-state index contributed by atoms with van der Waals surface area (Å²) in [5.74, 6) is 0.0394. The number of nitrogens with two attached hydrogens (primary N) is 1. The summed E-state index contributed by atoms with van der Waals surface area (Å²) in [5, 5.41) is 0.